The van der Waals surface area contributed by atoms with Crippen molar-refractivity contribution in [1.82, 2.24) is 19.9 Å². The third kappa shape index (κ3) is 4.45. The van der Waals surface area contributed by atoms with Crippen LogP contribution >= 0.6 is 11.8 Å². The maximum Gasteiger partial charge on any atom is 0.334 e. The number of benzene rings is 1. The number of nitrogens with zero attached hydrogens (tertiary/aromatic N) is 3. The maximum atomic E-state index is 12.9. The molecule has 0 saturated carbocycles. The van der Waals surface area contributed by atoms with Crippen LogP contribution in [-0.4, -0.2) is 39.3 Å². The quantitative estimate of drug-likeness (QED) is 0.480. The minimum Gasteiger partial charge on any atom is -0.467 e. The predicted molar refractivity (Wildman–Crippen MR) is 98.7 cm³/mol. The largest absolute Gasteiger partial charge is 0.467 e. The Kier molecular flexibility index (Phi) is 6.19. The molecule has 0 saturated heterocycles. The summed E-state index contributed by atoms with van der Waals surface area (Å²) in [6.45, 7) is -0.296. The van der Waals surface area contributed by atoms with Gasteiger partial charge in [-0.1, -0.05) is 18.2 Å². The van der Waals surface area contributed by atoms with E-state index < -0.39 is 23.7 Å². The molecule has 10 heteroatoms. The molecule has 0 bridgehead atoms. The van der Waals surface area contributed by atoms with Crippen LogP contribution in [0.3, 0.4) is 0 Å². The summed E-state index contributed by atoms with van der Waals surface area (Å²) in [5.74, 6) is -3.94. The zero-order valence-corrected chi connectivity index (χ0v) is 15.5. The van der Waals surface area contributed by atoms with Crippen LogP contribution in [0.1, 0.15) is 11.7 Å². The Balaban J connectivity index is 1.86. The number of aromatic nitrogens is 3. The number of carbonyl (C=O) groups is 2. The molecule has 1 amide bonds. The maximum absolute atomic E-state index is 12.9. The van der Waals surface area contributed by atoms with E-state index >= 15 is 0 Å². The summed E-state index contributed by atoms with van der Waals surface area (Å²) in [5, 5.41) is 2.56. The number of amides is 1. The number of hydrogen-bond acceptors (Lipinski definition) is 6. The fraction of sp³-hybridized carbons (Fsp3) is 0.222. The number of carbonyl (C=O) groups excluding carboxylic acids is 2. The van der Waals surface area contributed by atoms with Crippen LogP contribution in [0.2, 0.25) is 0 Å². The Hall–Kier alpha value is -3.01. The van der Waals surface area contributed by atoms with E-state index in [0.717, 1.165) is 0 Å². The van der Waals surface area contributed by atoms with Crippen molar-refractivity contribution in [2.45, 2.75) is 23.5 Å². The number of thioether (sulfide) groups is 1. The van der Waals surface area contributed by atoms with Gasteiger partial charge < -0.3 is 14.6 Å². The molecule has 0 fully saturated rings. The van der Waals surface area contributed by atoms with Crippen molar-refractivity contribution in [3.8, 4) is 0 Å². The van der Waals surface area contributed by atoms with Crippen molar-refractivity contribution in [3.63, 3.8) is 0 Å². The average Bonchev–Trinajstić information content (AvgIpc) is 3.02. The van der Waals surface area contributed by atoms with Crippen LogP contribution in [0.5, 0.6) is 0 Å². The van der Waals surface area contributed by atoms with Crippen molar-refractivity contribution >= 4 is 34.7 Å². The van der Waals surface area contributed by atoms with Crippen LogP contribution in [0, 0.1) is 0 Å². The highest BCUT2D eigenvalue weighted by Gasteiger charge is 2.26. The van der Waals surface area contributed by atoms with Crippen LogP contribution in [0.4, 0.5) is 8.78 Å². The van der Waals surface area contributed by atoms with Crippen LogP contribution in [0.15, 0.2) is 53.8 Å². The number of nitrogens with one attached hydrogen (secondary N) is 1. The minimum atomic E-state index is -2.69. The lowest BCUT2D eigenvalue weighted by Crippen LogP contribution is -2.37. The van der Waals surface area contributed by atoms with Gasteiger partial charge in [0.25, 0.3) is 5.76 Å². The van der Waals surface area contributed by atoms with E-state index in [1.807, 2.05) is 0 Å². The molecular weight excluding hydrogens is 390 g/mol. The molecule has 0 spiro atoms. The Morgan fingerprint density at radius 3 is 2.64 bits per heavy atom. The highest BCUT2D eigenvalue weighted by Crippen LogP contribution is 2.28. The summed E-state index contributed by atoms with van der Waals surface area (Å²) >= 11 is 0.253. The lowest BCUT2D eigenvalue weighted by atomic mass is 10.2. The molecule has 2 aromatic heterocycles. The van der Waals surface area contributed by atoms with E-state index in [9.17, 15) is 18.4 Å². The second-order valence-electron chi connectivity index (χ2n) is 5.63. The zero-order valence-electron chi connectivity index (χ0n) is 14.7. The van der Waals surface area contributed by atoms with Gasteiger partial charge in [-0.15, -0.1) is 0 Å². The van der Waals surface area contributed by atoms with Gasteiger partial charge in [-0.25, -0.2) is 9.78 Å². The molecule has 146 valence electrons. The number of pyridine rings is 1. The van der Waals surface area contributed by atoms with E-state index in [0.29, 0.717) is 16.7 Å². The normalized spacial score (nSPS) is 12.1. The topological polar surface area (TPSA) is 86.1 Å². The lowest BCUT2D eigenvalue weighted by molar-refractivity contribution is -0.145. The van der Waals surface area contributed by atoms with Gasteiger partial charge in [0.05, 0.1) is 23.8 Å². The van der Waals surface area contributed by atoms with Gasteiger partial charge in [-0.3, -0.25) is 9.78 Å². The van der Waals surface area contributed by atoms with Crippen molar-refractivity contribution in [1.29, 1.82) is 0 Å². The Morgan fingerprint density at radius 1 is 1.21 bits per heavy atom. The molecular formula is C18H16F2N4O3S. The molecule has 2 heterocycles. The van der Waals surface area contributed by atoms with Crippen molar-refractivity contribution in [2.75, 3.05) is 7.11 Å². The van der Waals surface area contributed by atoms with Gasteiger partial charge in [0.15, 0.2) is 11.2 Å². The number of halogens is 2. The molecule has 7 nitrogen and oxygen atoms in total. The fourth-order valence-corrected chi connectivity index (χ4v) is 3.24. The molecule has 0 aliphatic heterocycles. The number of alkyl halides is 2. The number of fused-ring (bicyclic) bond motifs is 1. The monoisotopic (exact) mass is 406 g/mol. The minimum absolute atomic E-state index is 0.0128. The van der Waals surface area contributed by atoms with Gasteiger partial charge in [0.1, 0.15) is 6.54 Å². The Bertz CT molecular complexity index is 981. The van der Waals surface area contributed by atoms with Crippen molar-refractivity contribution in [2.24, 2.45) is 0 Å². The van der Waals surface area contributed by atoms with Gasteiger partial charge in [0, 0.05) is 6.20 Å². The summed E-state index contributed by atoms with van der Waals surface area (Å²) in [5.41, 5.74) is 1.33. The molecule has 1 atom stereocenters. The second kappa shape index (κ2) is 8.79. The van der Waals surface area contributed by atoms with Crippen LogP contribution < -0.4 is 5.32 Å². The summed E-state index contributed by atoms with van der Waals surface area (Å²) in [7, 11) is 1.20. The number of esters is 1. The Morgan fingerprint density at radius 2 is 1.96 bits per heavy atom. The van der Waals surface area contributed by atoms with E-state index in [1.54, 1.807) is 42.5 Å². The molecule has 0 aliphatic carbocycles. The molecule has 3 rings (SSSR count). The van der Waals surface area contributed by atoms with E-state index in [-0.39, 0.29) is 23.5 Å². The van der Waals surface area contributed by atoms with Crippen molar-refractivity contribution < 1.29 is 23.1 Å². The zero-order chi connectivity index (χ0) is 20.1. The molecule has 0 aliphatic rings. The van der Waals surface area contributed by atoms with Gasteiger partial charge in [-0.05, 0) is 36.0 Å². The molecule has 3 aromatic rings. The van der Waals surface area contributed by atoms with Gasteiger partial charge in [0.2, 0.25) is 5.91 Å². The third-order valence-corrected chi connectivity index (χ3v) is 4.54. The number of ether oxygens (including phenoxy) is 1. The fourth-order valence-electron chi connectivity index (χ4n) is 2.64. The standard InChI is InChI=1S/C18H16F2N4O3S/c1-27-16(26)15(12-7-4-5-9-21-12)23-14(25)10-24-13-8-3-2-6-11(13)22-18(24)28-17(19)20/h2-9,15,17H,10H2,1H3,(H,23,25). The summed E-state index contributed by atoms with van der Waals surface area (Å²) < 4.78 is 31.9. The van der Waals surface area contributed by atoms with E-state index in [1.165, 1.54) is 17.9 Å². The average molecular weight is 406 g/mol. The SMILES string of the molecule is COC(=O)C(NC(=O)Cn1c(SC(F)F)nc2ccccc21)c1ccccn1. The van der Waals surface area contributed by atoms with Crippen LogP contribution in [-0.2, 0) is 20.9 Å². The first-order valence-electron chi connectivity index (χ1n) is 8.17. The van der Waals surface area contributed by atoms with E-state index in [4.69, 9.17) is 4.74 Å². The number of para-hydroxylation sites is 2. The molecule has 1 N–H and O–H groups in total. The number of rotatable bonds is 7. The first kappa shape index (κ1) is 19.7. The highest BCUT2D eigenvalue weighted by atomic mass is 32.2. The smallest absolute Gasteiger partial charge is 0.334 e. The first-order valence-corrected chi connectivity index (χ1v) is 9.05. The lowest BCUT2D eigenvalue weighted by Gasteiger charge is -2.17. The first-order chi connectivity index (χ1) is 13.5. The highest BCUT2D eigenvalue weighted by molar-refractivity contribution is 7.99. The molecule has 0 radical (unpaired) electrons. The number of imidazole rings is 1. The van der Waals surface area contributed by atoms with Crippen molar-refractivity contribution in [3.05, 3.63) is 54.4 Å². The molecule has 1 unspecified atom stereocenters. The number of methoxy groups -OCH3 is 1. The third-order valence-electron chi connectivity index (χ3n) is 3.84. The summed E-state index contributed by atoms with van der Waals surface area (Å²) in [6.07, 6.45) is 1.48. The van der Waals surface area contributed by atoms with Gasteiger partial charge >= 0.3 is 5.97 Å². The van der Waals surface area contributed by atoms with E-state index in [2.05, 4.69) is 15.3 Å². The summed E-state index contributed by atoms with van der Waals surface area (Å²) in [6, 6.07) is 10.6. The number of hydrogen-bond donors (Lipinski definition) is 1. The molecule has 1 aromatic carbocycles. The predicted octanol–water partition coefficient (Wildman–Crippen LogP) is 2.78. The second-order valence-corrected chi connectivity index (χ2v) is 6.58. The molecule has 28 heavy (non-hydrogen) atoms. The van der Waals surface area contributed by atoms with Gasteiger partial charge in [-0.2, -0.15) is 8.78 Å². The van der Waals surface area contributed by atoms with Crippen LogP contribution in [0.25, 0.3) is 11.0 Å². The Labute approximate surface area is 163 Å². The summed E-state index contributed by atoms with van der Waals surface area (Å²) in [4.78, 5) is 32.9.